The van der Waals surface area contributed by atoms with Gasteiger partial charge in [-0.25, -0.2) is 0 Å². The van der Waals surface area contributed by atoms with E-state index in [1.165, 1.54) is 16.2 Å². The summed E-state index contributed by atoms with van der Waals surface area (Å²) in [5.41, 5.74) is 1.11. The second-order valence-corrected chi connectivity index (χ2v) is 9.40. The number of anilines is 1. The predicted octanol–water partition coefficient (Wildman–Crippen LogP) is 4.90. The van der Waals surface area contributed by atoms with Crippen molar-refractivity contribution in [2.24, 2.45) is 5.92 Å². The van der Waals surface area contributed by atoms with Gasteiger partial charge in [-0.2, -0.15) is 0 Å². The van der Waals surface area contributed by atoms with E-state index in [2.05, 4.69) is 24.0 Å². The van der Waals surface area contributed by atoms with E-state index in [1.807, 2.05) is 24.3 Å². The fraction of sp³-hybridized carbons (Fsp3) is 0.280. The molecule has 33 heavy (non-hydrogen) atoms. The lowest BCUT2D eigenvalue weighted by molar-refractivity contribution is -0.132. The minimum atomic E-state index is -0.855. The number of Topliss-reactive ketones (excluding diaryl/α,β-unsaturated/α-hetero) is 1. The molecule has 1 fully saturated rings. The topological polar surface area (TPSA) is 92.6 Å². The van der Waals surface area contributed by atoms with Crippen LogP contribution in [-0.4, -0.2) is 33.6 Å². The standard InChI is InChI=1S/C25H25N3O4S/c1-15(2)12-13-32-19-11-7-10-18(14-19)21-20(22(29)17-8-5-4-6-9-17)23(30)24(31)28(21)25-27-26-16(3)33-25/h4-11,14-15,21,29H,12-13H2,1-3H3. The van der Waals surface area contributed by atoms with Crippen LogP contribution in [-0.2, 0) is 9.59 Å². The molecule has 1 aliphatic heterocycles. The van der Waals surface area contributed by atoms with Crippen molar-refractivity contribution in [1.29, 1.82) is 0 Å². The number of benzene rings is 2. The summed E-state index contributed by atoms with van der Waals surface area (Å²) in [4.78, 5) is 27.6. The average Bonchev–Trinajstić information content (AvgIpc) is 3.34. The zero-order valence-corrected chi connectivity index (χ0v) is 19.5. The Morgan fingerprint density at radius 1 is 1.12 bits per heavy atom. The molecule has 1 amide bonds. The van der Waals surface area contributed by atoms with Crippen LogP contribution in [0.4, 0.5) is 5.13 Å². The Labute approximate surface area is 196 Å². The lowest BCUT2D eigenvalue weighted by atomic mass is 9.95. The van der Waals surface area contributed by atoms with E-state index in [1.54, 1.807) is 37.3 Å². The van der Waals surface area contributed by atoms with Crippen LogP contribution in [0.15, 0.2) is 60.2 Å². The van der Waals surface area contributed by atoms with Crippen molar-refractivity contribution < 1.29 is 19.4 Å². The van der Waals surface area contributed by atoms with Gasteiger partial charge in [0, 0.05) is 5.56 Å². The van der Waals surface area contributed by atoms with Crippen LogP contribution in [0.3, 0.4) is 0 Å². The van der Waals surface area contributed by atoms with Gasteiger partial charge in [0.25, 0.3) is 5.78 Å². The zero-order valence-electron chi connectivity index (χ0n) is 18.7. The summed E-state index contributed by atoms with van der Waals surface area (Å²) in [7, 11) is 0. The first-order valence-electron chi connectivity index (χ1n) is 10.8. The van der Waals surface area contributed by atoms with Crippen LogP contribution in [0.5, 0.6) is 5.75 Å². The first-order chi connectivity index (χ1) is 15.9. The van der Waals surface area contributed by atoms with Gasteiger partial charge in [-0.05, 0) is 37.0 Å². The summed E-state index contributed by atoms with van der Waals surface area (Å²) >= 11 is 1.22. The van der Waals surface area contributed by atoms with Gasteiger partial charge in [0.15, 0.2) is 0 Å². The number of hydrogen-bond acceptors (Lipinski definition) is 7. The molecule has 1 aliphatic rings. The molecule has 8 heteroatoms. The number of hydrogen-bond donors (Lipinski definition) is 1. The van der Waals surface area contributed by atoms with Crippen molar-refractivity contribution >= 4 is 33.9 Å². The van der Waals surface area contributed by atoms with Crippen LogP contribution < -0.4 is 9.64 Å². The number of carbonyl (C=O) groups is 2. The van der Waals surface area contributed by atoms with Crippen molar-refractivity contribution in [2.75, 3.05) is 11.5 Å². The molecule has 2 heterocycles. The van der Waals surface area contributed by atoms with Gasteiger partial charge in [0.05, 0.1) is 18.2 Å². The van der Waals surface area contributed by atoms with Crippen molar-refractivity contribution in [3.8, 4) is 5.75 Å². The van der Waals surface area contributed by atoms with Gasteiger partial charge in [0.1, 0.15) is 16.5 Å². The highest BCUT2D eigenvalue weighted by molar-refractivity contribution is 7.15. The van der Waals surface area contributed by atoms with E-state index in [-0.39, 0.29) is 11.3 Å². The molecule has 3 aromatic rings. The maximum Gasteiger partial charge on any atom is 0.301 e. The number of rotatable bonds is 7. The third kappa shape index (κ3) is 4.66. The average molecular weight is 464 g/mol. The number of aryl methyl sites for hydroxylation is 1. The van der Waals surface area contributed by atoms with E-state index >= 15 is 0 Å². The van der Waals surface area contributed by atoms with Crippen LogP contribution in [0, 0.1) is 12.8 Å². The van der Waals surface area contributed by atoms with E-state index < -0.39 is 17.7 Å². The Bertz CT molecular complexity index is 1200. The fourth-order valence-corrected chi connectivity index (χ4v) is 4.38. The fourth-order valence-electron chi connectivity index (χ4n) is 3.67. The lowest BCUT2D eigenvalue weighted by Gasteiger charge is -2.23. The molecule has 4 rings (SSSR count). The first-order valence-corrected chi connectivity index (χ1v) is 11.6. The molecule has 0 saturated carbocycles. The Morgan fingerprint density at radius 3 is 2.55 bits per heavy atom. The quantitative estimate of drug-likeness (QED) is 0.304. The number of nitrogens with zero attached hydrogens (tertiary/aromatic N) is 3. The summed E-state index contributed by atoms with van der Waals surface area (Å²) < 4.78 is 5.90. The molecule has 1 N–H and O–H groups in total. The molecule has 0 radical (unpaired) electrons. The predicted molar refractivity (Wildman–Crippen MR) is 127 cm³/mol. The minimum Gasteiger partial charge on any atom is -0.507 e. The summed E-state index contributed by atoms with van der Waals surface area (Å²) in [6.07, 6.45) is 0.904. The van der Waals surface area contributed by atoms with Crippen LogP contribution in [0.1, 0.15) is 42.4 Å². The SMILES string of the molecule is Cc1nnc(N2C(=O)C(=O)C(=C(O)c3ccccc3)C2c2cccc(OCCC(C)C)c2)s1. The van der Waals surface area contributed by atoms with Crippen LogP contribution in [0.25, 0.3) is 5.76 Å². The Hall–Kier alpha value is -3.52. The zero-order chi connectivity index (χ0) is 23.5. The molecule has 1 unspecified atom stereocenters. The highest BCUT2D eigenvalue weighted by Gasteiger charge is 2.48. The Balaban J connectivity index is 1.82. The van der Waals surface area contributed by atoms with E-state index in [4.69, 9.17) is 4.74 Å². The summed E-state index contributed by atoms with van der Waals surface area (Å²) in [6, 6.07) is 15.1. The third-order valence-electron chi connectivity index (χ3n) is 5.35. The molecule has 0 aliphatic carbocycles. The maximum absolute atomic E-state index is 13.1. The van der Waals surface area contributed by atoms with Crippen molar-refractivity contribution in [2.45, 2.75) is 33.2 Å². The largest absolute Gasteiger partial charge is 0.507 e. The van der Waals surface area contributed by atoms with Crippen LogP contribution in [0.2, 0.25) is 0 Å². The van der Waals surface area contributed by atoms with Gasteiger partial charge in [-0.15, -0.1) is 10.2 Å². The first kappa shape index (κ1) is 22.7. The van der Waals surface area contributed by atoms with E-state index in [0.29, 0.717) is 39.5 Å². The Morgan fingerprint density at radius 2 is 1.88 bits per heavy atom. The molecule has 1 saturated heterocycles. The van der Waals surface area contributed by atoms with Crippen molar-refractivity contribution in [3.05, 3.63) is 76.3 Å². The molecular formula is C25H25N3O4S. The van der Waals surface area contributed by atoms with E-state index in [9.17, 15) is 14.7 Å². The minimum absolute atomic E-state index is 0.0124. The second kappa shape index (κ2) is 9.54. The highest BCUT2D eigenvalue weighted by atomic mass is 32.1. The molecular weight excluding hydrogens is 438 g/mol. The number of ether oxygens (including phenoxy) is 1. The number of ketones is 1. The van der Waals surface area contributed by atoms with Gasteiger partial charge >= 0.3 is 5.91 Å². The van der Waals surface area contributed by atoms with Crippen LogP contribution >= 0.6 is 11.3 Å². The molecule has 1 atom stereocenters. The highest BCUT2D eigenvalue weighted by Crippen LogP contribution is 2.43. The second-order valence-electron chi connectivity index (χ2n) is 8.24. The number of amides is 1. The smallest absolute Gasteiger partial charge is 0.301 e. The van der Waals surface area contributed by atoms with Gasteiger partial charge in [-0.3, -0.25) is 14.5 Å². The summed E-state index contributed by atoms with van der Waals surface area (Å²) in [5, 5.41) is 20.2. The molecule has 7 nitrogen and oxygen atoms in total. The van der Waals surface area contributed by atoms with Crippen molar-refractivity contribution in [3.63, 3.8) is 0 Å². The molecule has 1 aromatic heterocycles. The number of aliphatic hydroxyl groups is 1. The summed E-state index contributed by atoms with van der Waals surface area (Å²) in [6.45, 7) is 6.59. The van der Waals surface area contributed by atoms with Gasteiger partial charge in [-0.1, -0.05) is 67.6 Å². The van der Waals surface area contributed by atoms with Gasteiger partial charge in [0.2, 0.25) is 5.13 Å². The third-order valence-corrected chi connectivity index (χ3v) is 6.19. The monoisotopic (exact) mass is 463 g/mol. The molecule has 0 spiro atoms. The normalized spacial score (nSPS) is 17.7. The summed E-state index contributed by atoms with van der Waals surface area (Å²) in [5.74, 6) is -0.604. The molecule has 170 valence electrons. The van der Waals surface area contributed by atoms with Gasteiger partial charge < -0.3 is 9.84 Å². The van der Waals surface area contributed by atoms with E-state index in [0.717, 1.165) is 6.42 Å². The Kier molecular flexibility index (Phi) is 6.55. The number of aliphatic hydroxyl groups excluding tert-OH is 1. The number of aromatic nitrogens is 2. The molecule has 2 aromatic carbocycles. The lowest BCUT2D eigenvalue weighted by Crippen LogP contribution is -2.29. The van der Waals surface area contributed by atoms with Crippen molar-refractivity contribution in [1.82, 2.24) is 10.2 Å². The number of carbonyl (C=O) groups excluding carboxylic acids is 2. The maximum atomic E-state index is 13.1. The molecule has 0 bridgehead atoms.